The molecule has 0 unspecified atom stereocenters. The largest absolute Gasteiger partial charge is 0.503 e. The molecule has 1 aliphatic heterocycles. The quantitative estimate of drug-likeness (QED) is 0.161. The number of likely N-dealkylation sites (tertiary alicyclic amines) is 1. The van der Waals surface area contributed by atoms with Gasteiger partial charge in [-0.2, -0.15) is 0 Å². The van der Waals surface area contributed by atoms with Gasteiger partial charge in [-0.05, 0) is 43.6 Å². The number of hydrogen-bond donors (Lipinski definition) is 5. The molecule has 1 aromatic carbocycles. The van der Waals surface area contributed by atoms with Crippen LogP contribution >= 0.6 is 0 Å². The second-order valence-corrected chi connectivity index (χ2v) is 6.05. The summed E-state index contributed by atoms with van der Waals surface area (Å²) in [6.07, 6.45) is 2.87. The monoisotopic (exact) mass is 367 g/mol. The normalized spacial score (nSPS) is 14.0. The number of carboxylic acid groups (broad SMARTS) is 2. The molecule has 1 heterocycles. The Bertz CT molecular complexity index is 560. The lowest BCUT2D eigenvalue weighted by Gasteiger charge is -2.26. The van der Waals surface area contributed by atoms with Gasteiger partial charge in [-0.1, -0.05) is 18.6 Å². The Labute approximate surface area is 153 Å². The summed E-state index contributed by atoms with van der Waals surface area (Å²) < 4.78 is 5.75. The number of nitrogens with one attached hydrogen (secondary N) is 1. The third-order valence-corrected chi connectivity index (χ3v) is 3.87. The van der Waals surface area contributed by atoms with Crippen LogP contribution in [-0.2, 0) is 6.54 Å². The summed E-state index contributed by atoms with van der Waals surface area (Å²) in [5, 5.41) is 22.3. The van der Waals surface area contributed by atoms with Crippen LogP contribution in [0.2, 0.25) is 0 Å². The highest BCUT2D eigenvalue weighted by Gasteiger charge is 2.10. The van der Waals surface area contributed by atoms with Crippen LogP contribution in [0.5, 0.6) is 5.75 Å². The number of nitrogens with zero attached hydrogens (tertiary/aromatic N) is 2. The van der Waals surface area contributed by atoms with Crippen molar-refractivity contribution >= 4 is 12.1 Å². The van der Waals surface area contributed by atoms with E-state index in [0.29, 0.717) is 13.2 Å². The number of ether oxygens (including phenoxy) is 1. The van der Waals surface area contributed by atoms with E-state index >= 15 is 0 Å². The van der Waals surface area contributed by atoms with Crippen LogP contribution in [0, 0.1) is 5.41 Å². The molecule has 0 aliphatic carbocycles. The van der Waals surface area contributed by atoms with Crippen molar-refractivity contribution < 1.29 is 19.7 Å². The molecule has 0 amide bonds. The molecule has 9 heteroatoms. The zero-order valence-corrected chi connectivity index (χ0v) is 14.9. The Morgan fingerprint density at radius 2 is 1.92 bits per heavy atom. The molecule has 1 saturated heterocycles. The van der Waals surface area contributed by atoms with E-state index in [0.717, 1.165) is 18.7 Å². The van der Waals surface area contributed by atoms with E-state index in [1.807, 2.05) is 12.1 Å². The Morgan fingerprint density at radius 3 is 2.54 bits per heavy atom. The molecule has 0 spiro atoms. The van der Waals surface area contributed by atoms with Gasteiger partial charge in [-0.15, -0.1) is 0 Å². The zero-order chi connectivity index (χ0) is 19.4. The first-order chi connectivity index (χ1) is 12.4. The second-order valence-electron chi connectivity index (χ2n) is 6.05. The van der Waals surface area contributed by atoms with Crippen molar-refractivity contribution in [3.05, 3.63) is 29.8 Å². The third kappa shape index (κ3) is 9.70. The maximum atomic E-state index is 8.56. The summed E-state index contributed by atoms with van der Waals surface area (Å²) in [5.74, 6) is 6.31. The lowest BCUT2D eigenvalue weighted by Crippen LogP contribution is -2.42. The molecular formula is C17H29N5O4. The van der Waals surface area contributed by atoms with Crippen LogP contribution in [0.25, 0.3) is 0 Å². The number of hydrazine groups is 1. The molecule has 1 aliphatic rings. The fourth-order valence-corrected chi connectivity index (χ4v) is 2.65. The summed E-state index contributed by atoms with van der Waals surface area (Å²) in [5.41, 5.74) is 6.57. The third-order valence-electron chi connectivity index (χ3n) is 3.87. The maximum absolute atomic E-state index is 8.56. The van der Waals surface area contributed by atoms with Crippen molar-refractivity contribution in [2.24, 2.45) is 11.6 Å². The predicted molar refractivity (Wildman–Crippen MR) is 99.1 cm³/mol. The second kappa shape index (κ2) is 11.9. The van der Waals surface area contributed by atoms with Gasteiger partial charge in [0, 0.05) is 19.5 Å². The maximum Gasteiger partial charge on any atom is 0.503 e. The van der Waals surface area contributed by atoms with Crippen molar-refractivity contribution in [1.82, 2.24) is 9.91 Å². The Kier molecular flexibility index (Phi) is 9.88. The minimum absolute atomic E-state index is 0.122. The number of hydrogen-bond acceptors (Lipinski definition) is 5. The van der Waals surface area contributed by atoms with Crippen LogP contribution < -0.4 is 16.3 Å². The van der Waals surface area contributed by atoms with Gasteiger partial charge in [-0.25, -0.2) is 10.6 Å². The summed E-state index contributed by atoms with van der Waals surface area (Å²) >= 11 is 0. The number of nitrogens with two attached hydrogens (primary N) is 2. The van der Waals surface area contributed by atoms with E-state index in [9.17, 15) is 0 Å². The zero-order valence-electron chi connectivity index (χ0n) is 14.9. The average molecular weight is 367 g/mol. The van der Waals surface area contributed by atoms with Crippen LogP contribution in [0.3, 0.4) is 0 Å². The SMILES string of the molecule is N=C(N)N(N)CCCOc1cccc(CN2CCCCC2)c1.O=C(O)O. The van der Waals surface area contributed by atoms with Crippen molar-refractivity contribution in [3.63, 3.8) is 0 Å². The molecule has 2 rings (SSSR count). The molecule has 7 N–H and O–H groups in total. The number of benzene rings is 1. The van der Waals surface area contributed by atoms with E-state index in [1.54, 1.807) is 0 Å². The molecular weight excluding hydrogens is 338 g/mol. The topological polar surface area (TPSA) is 149 Å². The fraction of sp³-hybridized carbons (Fsp3) is 0.529. The van der Waals surface area contributed by atoms with Crippen LogP contribution in [0.1, 0.15) is 31.2 Å². The van der Waals surface area contributed by atoms with E-state index in [2.05, 4.69) is 17.0 Å². The summed E-state index contributed by atoms with van der Waals surface area (Å²) in [6.45, 7) is 4.47. The highest BCUT2D eigenvalue weighted by molar-refractivity contribution is 5.73. The highest BCUT2D eigenvalue weighted by Crippen LogP contribution is 2.17. The molecule has 1 aromatic rings. The predicted octanol–water partition coefficient (Wildman–Crippen LogP) is 1.73. The minimum atomic E-state index is -1.83. The Hall–Kier alpha value is -2.52. The van der Waals surface area contributed by atoms with Crippen molar-refractivity contribution in [1.29, 1.82) is 5.41 Å². The first-order valence-corrected chi connectivity index (χ1v) is 8.60. The fourth-order valence-electron chi connectivity index (χ4n) is 2.65. The van der Waals surface area contributed by atoms with Crippen molar-refractivity contribution in [3.8, 4) is 5.75 Å². The lowest BCUT2D eigenvalue weighted by atomic mass is 10.1. The van der Waals surface area contributed by atoms with Gasteiger partial charge in [0.15, 0.2) is 0 Å². The van der Waals surface area contributed by atoms with Gasteiger partial charge in [0.2, 0.25) is 5.96 Å². The van der Waals surface area contributed by atoms with Crippen LogP contribution in [0.15, 0.2) is 24.3 Å². The number of rotatable bonds is 7. The van der Waals surface area contributed by atoms with Gasteiger partial charge in [0.05, 0.1) is 6.61 Å². The van der Waals surface area contributed by atoms with Gasteiger partial charge in [0.1, 0.15) is 5.75 Å². The molecule has 146 valence electrons. The smallest absolute Gasteiger partial charge is 0.494 e. The summed E-state index contributed by atoms with van der Waals surface area (Å²) in [4.78, 5) is 11.1. The number of guanidine groups is 1. The molecule has 0 saturated carbocycles. The standard InChI is InChI=1S/C16H27N5O.CH2O3/c17-16(18)21(19)10-5-11-22-15-7-4-6-14(12-15)13-20-8-2-1-3-9-20;2-1(3)4/h4,6-7,12H,1-3,5,8-11,13,19H2,(H3,17,18);(H2,2,3,4). The highest BCUT2D eigenvalue weighted by atomic mass is 16.6. The first-order valence-electron chi connectivity index (χ1n) is 8.60. The average Bonchev–Trinajstić information content (AvgIpc) is 2.59. The van der Waals surface area contributed by atoms with Crippen LogP contribution in [0.4, 0.5) is 4.79 Å². The number of piperidine rings is 1. The van der Waals surface area contributed by atoms with E-state index < -0.39 is 6.16 Å². The van der Waals surface area contributed by atoms with Crippen LogP contribution in [-0.4, -0.2) is 58.5 Å². The minimum Gasteiger partial charge on any atom is -0.494 e. The molecule has 0 radical (unpaired) electrons. The van der Waals surface area contributed by atoms with E-state index in [4.69, 9.17) is 36.7 Å². The molecule has 26 heavy (non-hydrogen) atoms. The van der Waals surface area contributed by atoms with Gasteiger partial charge in [-0.3, -0.25) is 15.3 Å². The summed E-state index contributed by atoms with van der Waals surface area (Å²) in [6, 6.07) is 8.28. The Morgan fingerprint density at radius 1 is 1.27 bits per heavy atom. The van der Waals surface area contributed by atoms with Crippen molar-refractivity contribution in [2.45, 2.75) is 32.2 Å². The lowest BCUT2D eigenvalue weighted by molar-refractivity contribution is 0.137. The van der Waals surface area contributed by atoms with E-state index in [1.165, 1.54) is 42.9 Å². The summed E-state index contributed by atoms with van der Waals surface area (Å²) in [7, 11) is 0. The molecule has 0 atom stereocenters. The molecule has 0 aromatic heterocycles. The van der Waals surface area contributed by atoms with E-state index in [-0.39, 0.29) is 5.96 Å². The van der Waals surface area contributed by atoms with Gasteiger partial charge < -0.3 is 20.7 Å². The Balaban J connectivity index is 0.000000765. The molecule has 1 fully saturated rings. The molecule has 0 bridgehead atoms. The molecule has 9 nitrogen and oxygen atoms in total. The first kappa shape index (κ1) is 21.5. The van der Waals surface area contributed by atoms with Gasteiger partial charge >= 0.3 is 6.16 Å². The van der Waals surface area contributed by atoms with Gasteiger partial charge in [0.25, 0.3) is 0 Å². The van der Waals surface area contributed by atoms with Crippen molar-refractivity contribution in [2.75, 3.05) is 26.2 Å². The number of carbonyl (C=O) groups is 1.